The number of benzene rings is 1. The zero-order valence-electron chi connectivity index (χ0n) is 16.4. The molecule has 0 saturated carbocycles. The first-order valence-corrected chi connectivity index (χ1v) is 10.5. The van der Waals surface area contributed by atoms with E-state index >= 15 is 0 Å². The van der Waals surface area contributed by atoms with Crippen LogP contribution in [-0.4, -0.2) is 65.7 Å². The standard InChI is InChI=1S/C22H31N3O2/c1-2-24-13-9-18-15-19(7-8-21(18)24)22(26)25-12-6-14-27-20(17-25)16-23-10-4-3-5-11-23/h7-9,13,15,20H,2-6,10-12,14,16-17H2,1H3/t20-/m1/s1. The van der Waals surface area contributed by atoms with Gasteiger partial charge >= 0.3 is 0 Å². The van der Waals surface area contributed by atoms with Crippen LogP contribution >= 0.6 is 0 Å². The molecule has 0 N–H and O–H groups in total. The van der Waals surface area contributed by atoms with Crippen molar-refractivity contribution in [3.8, 4) is 0 Å². The Bertz CT molecular complexity index is 779. The Morgan fingerprint density at radius 2 is 1.96 bits per heavy atom. The first-order valence-electron chi connectivity index (χ1n) is 10.5. The number of likely N-dealkylation sites (tertiary alicyclic amines) is 1. The maximum absolute atomic E-state index is 13.2. The quantitative estimate of drug-likeness (QED) is 0.829. The van der Waals surface area contributed by atoms with E-state index in [4.69, 9.17) is 4.74 Å². The highest BCUT2D eigenvalue weighted by Crippen LogP contribution is 2.20. The Labute approximate surface area is 161 Å². The Morgan fingerprint density at radius 3 is 2.78 bits per heavy atom. The predicted octanol–water partition coefficient (Wildman–Crippen LogP) is 3.38. The number of piperidine rings is 1. The number of rotatable bonds is 4. The van der Waals surface area contributed by atoms with Crippen molar-refractivity contribution >= 4 is 16.8 Å². The molecule has 1 aromatic heterocycles. The van der Waals surface area contributed by atoms with Gasteiger partial charge in [0.2, 0.25) is 0 Å². The molecule has 0 aliphatic carbocycles. The van der Waals surface area contributed by atoms with Gasteiger partial charge in [0, 0.05) is 55.4 Å². The Kier molecular flexibility index (Phi) is 5.79. The number of ether oxygens (including phenoxy) is 1. The van der Waals surface area contributed by atoms with E-state index in [9.17, 15) is 4.79 Å². The van der Waals surface area contributed by atoms with Gasteiger partial charge in [0.15, 0.2) is 0 Å². The first-order chi connectivity index (χ1) is 13.2. The molecule has 5 nitrogen and oxygen atoms in total. The van der Waals surface area contributed by atoms with Crippen molar-refractivity contribution in [1.29, 1.82) is 0 Å². The third-order valence-electron chi connectivity index (χ3n) is 5.91. The highest BCUT2D eigenvalue weighted by atomic mass is 16.5. The lowest BCUT2D eigenvalue weighted by molar-refractivity contribution is 0.0216. The number of fused-ring (bicyclic) bond motifs is 1. The van der Waals surface area contributed by atoms with Crippen molar-refractivity contribution < 1.29 is 9.53 Å². The van der Waals surface area contributed by atoms with Crippen molar-refractivity contribution in [2.24, 2.45) is 0 Å². The zero-order valence-corrected chi connectivity index (χ0v) is 16.4. The maximum atomic E-state index is 13.2. The minimum Gasteiger partial charge on any atom is -0.375 e. The van der Waals surface area contributed by atoms with Gasteiger partial charge in [-0.3, -0.25) is 4.79 Å². The zero-order chi connectivity index (χ0) is 18.6. The maximum Gasteiger partial charge on any atom is 0.253 e. The molecule has 27 heavy (non-hydrogen) atoms. The second kappa shape index (κ2) is 8.44. The van der Waals surface area contributed by atoms with Crippen LogP contribution in [0.2, 0.25) is 0 Å². The third-order valence-corrected chi connectivity index (χ3v) is 5.91. The first kappa shape index (κ1) is 18.5. The number of nitrogens with zero attached hydrogens (tertiary/aromatic N) is 3. The fraction of sp³-hybridized carbons (Fsp3) is 0.591. The average molecular weight is 370 g/mol. The summed E-state index contributed by atoms with van der Waals surface area (Å²) in [5.74, 6) is 0.135. The molecular formula is C22H31N3O2. The van der Waals surface area contributed by atoms with Gasteiger partial charge in [-0.1, -0.05) is 6.42 Å². The van der Waals surface area contributed by atoms with Gasteiger partial charge in [0.25, 0.3) is 5.91 Å². The Balaban J connectivity index is 1.46. The molecule has 2 fully saturated rings. The molecule has 0 radical (unpaired) electrons. The van der Waals surface area contributed by atoms with Crippen molar-refractivity contribution in [2.45, 2.75) is 45.3 Å². The van der Waals surface area contributed by atoms with E-state index in [2.05, 4.69) is 34.7 Å². The Morgan fingerprint density at radius 1 is 1.11 bits per heavy atom. The molecule has 2 saturated heterocycles. The van der Waals surface area contributed by atoms with Crippen LogP contribution in [0.15, 0.2) is 30.5 Å². The molecule has 4 rings (SSSR count). The van der Waals surface area contributed by atoms with E-state index < -0.39 is 0 Å². The fourth-order valence-corrected chi connectivity index (χ4v) is 4.41. The van der Waals surface area contributed by atoms with Crippen molar-refractivity contribution in [3.63, 3.8) is 0 Å². The van der Waals surface area contributed by atoms with E-state index in [0.717, 1.165) is 43.6 Å². The average Bonchev–Trinajstić information content (AvgIpc) is 2.98. The molecule has 0 unspecified atom stereocenters. The Hall–Kier alpha value is -1.85. The number of hydrogen-bond donors (Lipinski definition) is 0. The molecular weight excluding hydrogens is 338 g/mol. The van der Waals surface area contributed by atoms with E-state index in [0.29, 0.717) is 6.54 Å². The van der Waals surface area contributed by atoms with Gasteiger partial charge < -0.3 is 19.1 Å². The largest absolute Gasteiger partial charge is 0.375 e. The lowest BCUT2D eigenvalue weighted by atomic mass is 10.1. The van der Waals surface area contributed by atoms with Gasteiger partial charge in [-0.25, -0.2) is 0 Å². The molecule has 1 amide bonds. The normalized spacial score (nSPS) is 22.1. The molecule has 2 aromatic rings. The van der Waals surface area contributed by atoms with Crippen LogP contribution in [0.1, 0.15) is 43.0 Å². The van der Waals surface area contributed by atoms with Crippen LogP contribution < -0.4 is 0 Å². The highest BCUT2D eigenvalue weighted by molar-refractivity contribution is 5.98. The van der Waals surface area contributed by atoms with E-state index in [-0.39, 0.29) is 12.0 Å². The number of aromatic nitrogens is 1. The molecule has 1 atom stereocenters. The lowest BCUT2D eigenvalue weighted by Crippen LogP contribution is -2.43. The van der Waals surface area contributed by atoms with Crippen molar-refractivity contribution in [2.75, 3.05) is 39.3 Å². The van der Waals surface area contributed by atoms with Gasteiger partial charge in [0.1, 0.15) is 0 Å². The summed E-state index contributed by atoms with van der Waals surface area (Å²) in [6.07, 6.45) is 7.04. The van der Waals surface area contributed by atoms with Gasteiger partial charge in [-0.05, 0) is 63.5 Å². The summed E-state index contributed by atoms with van der Waals surface area (Å²) in [5, 5.41) is 1.14. The molecule has 2 aliphatic rings. The van der Waals surface area contributed by atoms with Gasteiger partial charge in [-0.15, -0.1) is 0 Å². The number of amides is 1. The van der Waals surface area contributed by atoms with Crippen molar-refractivity contribution in [3.05, 3.63) is 36.0 Å². The van der Waals surface area contributed by atoms with Crippen LogP contribution in [-0.2, 0) is 11.3 Å². The van der Waals surface area contributed by atoms with E-state index in [1.165, 1.54) is 37.9 Å². The minimum absolute atomic E-state index is 0.124. The van der Waals surface area contributed by atoms with Crippen LogP contribution in [0.4, 0.5) is 0 Å². The summed E-state index contributed by atoms with van der Waals surface area (Å²) in [6.45, 7) is 8.59. The fourth-order valence-electron chi connectivity index (χ4n) is 4.41. The molecule has 0 spiro atoms. The molecule has 2 aliphatic heterocycles. The van der Waals surface area contributed by atoms with Gasteiger partial charge in [0.05, 0.1) is 6.10 Å². The SMILES string of the molecule is CCn1ccc2cc(C(=O)N3CCCO[C@H](CN4CCCCC4)C3)ccc21. The van der Waals surface area contributed by atoms with E-state index in [1.54, 1.807) is 0 Å². The van der Waals surface area contributed by atoms with Gasteiger partial charge in [-0.2, -0.15) is 0 Å². The number of hydrogen-bond acceptors (Lipinski definition) is 3. The van der Waals surface area contributed by atoms with Crippen LogP contribution in [0, 0.1) is 0 Å². The summed E-state index contributed by atoms with van der Waals surface area (Å²) < 4.78 is 8.28. The van der Waals surface area contributed by atoms with Crippen LogP contribution in [0.5, 0.6) is 0 Å². The summed E-state index contributed by atoms with van der Waals surface area (Å²) in [6, 6.07) is 8.18. The lowest BCUT2D eigenvalue weighted by Gasteiger charge is -2.31. The van der Waals surface area contributed by atoms with Crippen LogP contribution in [0.3, 0.4) is 0 Å². The van der Waals surface area contributed by atoms with Crippen LogP contribution in [0.25, 0.3) is 10.9 Å². The highest BCUT2D eigenvalue weighted by Gasteiger charge is 2.25. The molecule has 3 heterocycles. The minimum atomic E-state index is 0.124. The van der Waals surface area contributed by atoms with Crippen molar-refractivity contribution in [1.82, 2.24) is 14.4 Å². The molecule has 5 heteroatoms. The predicted molar refractivity (Wildman–Crippen MR) is 108 cm³/mol. The number of carbonyl (C=O) groups is 1. The summed E-state index contributed by atoms with van der Waals surface area (Å²) in [7, 11) is 0. The second-order valence-corrected chi connectivity index (χ2v) is 7.83. The summed E-state index contributed by atoms with van der Waals surface area (Å²) in [4.78, 5) is 17.7. The number of aryl methyl sites for hydroxylation is 1. The second-order valence-electron chi connectivity index (χ2n) is 7.83. The smallest absolute Gasteiger partial charge is 0.253 e. The van der Waals surface area contributed by atoms with E-state index in [1.807, 2.05) is 17.0 Å². The molecule has 146 valence electrons. The summed E-state index contributed by atoms with van der Waals surface area (Å²) in [5.41, 5.74) is 1.98. The molecule has 0 bridgehead atoms. The monoisotopic (exact) mass is 369 g/mol. The third kappa shape index (κ3) is 4.19. The summed E-state index contributed by atoms with van der Waals surface area (Å²) >= 11 is 0. The number of carbonyl (C=O) groups excluding carboxylic acids is 1. The molecule has 1 aromatic carbocycles. The topological polar surface area (TPSA) is 37.7 Å².